The van der Waals surface area contributed by atoms with Gasteiger partial charge in [-0.3, -0.25) is 0 Å². The fraction of sp³-hybridized carbons (Fsp3) is 0.714. The summed E-state index contributed by atoms with van der Waals surface area (Å²) in [6, 6.07) is -1.79. The summed E-state index contributed by atoms with van der Waals surface area (Å²) < 4.78 is 4.39. The van der Waals surface area contributed by atoms with Crippen molar-refractivity contribution >= 4 is 24.6 Å². The van der Waals surface area contributed by atoms with E-state index in [2.05, 4.69) is 17.4 Å². The number of thiol groups is 1. The van der Waals surface area contributed by atoms with Crippen molar-refractivity contribution in [1.82, 2.24) is 0 Å². The van der Waals surface area contributed by atoms with Crippen molar-refractivity contribution in [2.24, 2.45) is 17.2 Å². The van der Waals surface area contributed by atoms with E-state index in [-0.39, 0.29) is 18.7 Å². The van der Waals surface area contributed by atoms with Gasteiger partial charge < -0.3 is 21.9 Å². The first-order valence-corrected chi connectivity index (χ1v) is 4.73. The Morgan fingerprint density at radius 2 is 1.71 bits per heavy atom. The van der Waals surface area contributed by atoms with Crippen LogP contribution in [0.4, 0.5) is 0 Å². The minimum atomic E-state index is -0.910. The third kappa shape index (κ3) is 4.56. The largest absolute Gasteiger partial charge is 0.391 e. The van der Waals surface area contributed by atoms with Gasteiger partial charge in [0, 0.05) is 5.75 Å². The van der Waals surface area contributed by atoms with E-state index in [4.69, 9.17) is 17.2 Å². The van der Waals surface area contributed by atoms with Gasteiger partial charge in [0.1, 0.15) is 12.1 Å². The smallest absolute Gasteiger partial charge is 0.331 e. The number of hydrogen-bond donors (Lipinski definition) is 4. The molecule has 0 saturated carbocycles. The van der Waals surface area contributed by atoms with Crippen molar-refractivity contribution in [2.75, 3.05) is 12.3 Å². The molecule has 6 N–H and O–H groups in total. The van der Waals surface area contributed by atoms with Crippen molar-refractivity contribution in [1.29, 1.82) is 0 Å². The molecule has 82 valence electrons. The predicted molar refractivity (Wildman–Crippen MR) is 54.6 cm³/mol. The molecule has 7 heteroatoms. The summed E-state index contributed by atoms with van der Waals surface area (Å²) in [5, 5.41) is 0. The molecule has 1 unspecified atom stereocenters. The normalized spacial score (nSPS) is 14.6. The Hall–Kier alpha value is -0.630. The van der Waals surface area contributed by atoms with E-state index in [0.717, 1.165) is 0 Å². The molecule has 0 spiro atoms. The molecule has 0 bridgehead atoms. The summed E-state index contributed by atoms with van der Waals surface area (Å²) in [5.41, 5.74) is 15.8. The number of rotatable bonds is 5. The van der Waals surface area contributed by atoms with E-state index >= 15 is 0 Å². The van der Waals surface area contributed by atoms with Gasteiger partial charge in [0.05, 0.1) is 0 Å². The van der Waals surface area contributed by atoms with Crippen LogP contribution in [0, 0.1) is 0 Å². The first-order chi connectivity index (χ1) is 6.52. The van der Waals surface area contributed by atoms with Gasteiger partial charge in [-0.05, 0) is 13.0 Å². The number of esters is 2. The first kappa shape index (κ1) is 13.4. The minimum Gasteiger partial charge on any atom is -0.391 e. The van der Waals surface area contributed by atoms with Crippen molar-refractivity contribution in [3.63, 3.8) is 0 Å². The topological polar surface area (TPSA) is 121 Å². The summed E-state index contributed by atoms with van der Waals surface area (Å²) in [6.45, 7) is 0.253. The van der Waals surface area contributed by atoms with E-state index in [1.165, 1.54) is 0 Å². The molecular weight excluding hydrogens is 206 g/mol. The Morgan fingerprint density at radius 1 is 1.21 bits per heavy atom. The lowest BCUT2D eigenvalue weighted by atomic mass is 10.2. The Morgan fingerprint density at radius 3 is 2.14 bits per heavy atom. The summed E-state index contributed by atoms with van der Waals surface area (Å²) in [4.78, 5) is 22.0. The van der Waals surface area contributed by atoms with Crippen molar-refractivity contribution in [3.8, 4) is 0 Å². The molecule has 0 saturated heterocycles. The van der Waals surface area contributed by atoms with Gasteiger partial charge in [-0.1, -0.05) is 0 Å². The Bertz CT molecular complexity index is 212. The van der Waals surface area contributed by atoms with Gasteiger partial charge in [0.15, 0.2) is 0 Å². The highest BCUT2D eigenvalue weighted by Crippen LogP contribution is 1.94. The van der Waals surface area contributed by atoms with Crippen LogP contribution >= 0.6 is 12.6 Å². The molecule has 0 rings (SSSR count). The predicted octanol–water partition coefficient (Wildman–Crippen LogP) is -2.01. The maximum absolute atomic E-state index is 11.1. The van der Waals surface area contributed by atoms with Crippen LogP contribution < -0.4 is 17.2 Å². The molecule has 0 aliphatic carbocycles. The van der Waals surface area contributed by atoms with Crippen LogP contribution in [0.1, 0.15) is 6.42 Å². The van der Waals surface area contributed by atoms with Crippen LogP contribution in [0.25, 0.3) is 0 Å². The van der Waals surface area contributed by atoms with Crippen LogP contribution in [-0.4, -0.2) is 36.3 Å². The van der Waals surface area contributed by atoms with Crippen LogP contribution in [0.2, 0.25) is 0 Å². The zero-order valence-electron chi connectivity index (χ0n) is 7.68. The molecule has 0 aromatic rings. The Balaban J connectivity index is 3.99. The molecule has 2 atom stereocenters. The molecule has 0 aromatic carbocycles. The summed E-state index contributed by atoms with van der Waals surface area (Å²) >= 11 is 3.78. The summed E-state index contributed by atoms with van der Waals surface area (Å²) in [5.74, 6) is -1.52. The zero-order chi connectivity index (χ0) is 11.1. The fourth-order valence-corrected chi connectivity index (χ4v) is 0.772. The standard InChI is InChI=1S/C7H15N3O3S/c8-2-1-4(9)6(11)13-7(12)5(10)3-14/h4-5,14H,1-3,8-10H2/t4?,5-/m0/s1. The third-order valence-electron chi connectivity index (χ3n) is 1.48. The van der Waals surface area contributed by atoms with Crippen molar-refractivity contribution in [3.05, 3.63) is 0 Å². The molecule has 0 aliphatic rings. The maximum Gasteiger partial charge on any atom is 0.331 e. The van der Waals surface area contributed by atoms with Gasteiger partial charge in [-0.2, -0.15) is 12.6 Å². The van der Waals surface area contributed by atoms with Crippen LogP contribution in [0.15, 0.2) is 0 Å². The lowest BCUT2D eigenvalue weighted by Gasteiger charge is -2.11. The van der Waals surface area contributed by atoms with Gasteiger partial charge >= 0.3 is 11.9 Å². The average Bonchev–Trinajstić information content (AvgIpc) is 2.16. The molecule has 0 aliphatic heterocycles. The van der Waals surface area contributed by atoms with Crippen LogP contribution in [0.3, 0.4) is 0 Å². The minimum absolute atomic E-state index is 0.109. The van der Waals surface area contributed by atoms with Gasteiger partial charge in [-0.25, -0.2) is 9.59 Å². The maximum atomic E-state index is 11.1. The number of hydrogen-bond acceptors (Lipinski definition) is 7. The van der Waals surface area contributed by atoms with Crippen molar-refractivity contribution in [2.45, 2.75) is 18.5 Å². The van der Waals surface area contributed by atoms with Gasteiger partial charge in [0.2, 0.25) is 0 Å². The Kier molecular flexibility index (Phi) is 6.46. The zero-order valence-corrected chi connectivity index (χ0v) is 8.57. The Labute approximate surface area is 87.5 Å². The average molecular weight is 221 g/mol. The third-order valence-corrected chi connectivity index (χ3v) is 1.87. The van der Waals surface area contributed by atoms with Crippen molar-refractivity contribution < 1.29 is 14.3 Å². The molecule has 0 amide bonds. The second kappa shape index (κ2) is 6.77. The lowest BCUT2D eigenvalue weighted by molar-refractivity contribution is -0.161. The molecule has 0 heterocycles. The quantitative estimate of drug-likeness (QED) is 0.242. The number of carbonyl (C=O) groups is 2. The van der Waals surface area contributed by atoms with E-state index < -0.39 is 24.0 Å². The number of carbonyl (C=O) groups excluding carboxylic acids is 2. The molecule has 14 heavy (non-hydrogen) atoms. The highest BCUT2D eigenvalue weighted by atomic mass is 32.1. The van der Waals surface area contributed by atoms with E-state index in [1.54, 1.807) is 0 Å². The molecule has 0 fully saturated rings. The monoisotopic (exact) mass is 221 g/mol. The van der Waals surface area contributed by atoms with E-state index in [0.29, 0.717) is 0 Å². The van der Waals surface area contributed by atoms with E-state index in [1.807, 2.05) is 0 Å². The second-order valence-corrected chi connectivity index (χ2v) is 3.08. The highest BCUT2D eigenvalue weighted by Gasteiger charge is 2.21. The molecular formula is C7H15N3O3S. The fourth-order valence-electron chi connectivity index (χ4n) is 0.622. The summed E-state index contributed by atoms with van der Waals surface area (Å²) in [6.07, 6.45) is 0.266. The summed E-state index contributed by atoms with van der Waals surface area (Å²) in [7, 11) is 0. The second-order valence-electron chi connectivity index (χ2n) is 2.71. The van der Waals surface area contributed by atoms with Gasteiger partial charge in [0.25, 0.3) is 0 Å². The number of ether oxygens (including phenoxy) is 1. The first-order valence-electron chi connectivity index (χ1n) is 4.10. The molecule has 0 radical (unpaired) electrons. The molecule has 6 nitrogen and oxygen atoms in total. The number of nitrogens with two attached hydrogens (primary N) is 3. The van der Waals surface area contributed by atoms with E-state index in [9.17, 15) is 9.59 Å². The molecule has 0 aromatic heterocycles. The lowest BCUT2D eigenvalue weighted by Crippen LogP contribution is -2.41. The van der Waals surface area contributed by atoms with Gasteiger partial charge in [-0.15, -0.1) is 0 Å². The van der Waals surface area contributed by atoms with Crippen LogP contribution in [0.5, 0.6) is 0 Å². The van der Waals surface area contributed by atoms with Crippen LogP contribution in [-0.2, 0) is 14.3 Å². The highest BCUT2D eigenvalue weighted by molar-refractivity contribution is 7.80. The SMILES string of the molecule is NCCC(N)C(=O)OC(=O)[C@@H](N)CS.